The number of unbranched alkanes of at least 4 members (excludes halogenated alkanes) is 63. The molecule has 0 spiro atoms. The van der Waals surface area contributed by atoms with Gasteiger partial charge in [0, 0.05) is 0 Å². The minimum atomic E-state index is -4.22. The van der Waals surface area contributed by atoms with Crippen molar-refractivity contribution in [2.45, 2.75) is 445 Å². The predicted molar refractivity (Wildman–Crippen MR) is 356 cm³/mol. The summed E-state index contributed by atoms with van der Waals surface area (Å²) in [6.45, 7) is 10.6. The van der Waals surface area contributed by atoms with E-state index in [0.717, 1.165) is 24.1 Å². The molecule has 79 heavy (non-hydrogen) atoms. The third-order valence-corrected chi connectivity index (χ3v) is 19.5. The number of quaternary nitrogens is 1. The Kier molecular flexibility index (Phi) is 66.9. The number of rotatable bonds is 72. The number of hydrogen-bond acceptors (Lipinski definition) is 3. The first-order valence-electron chi connectivity index (χ1n) is 37.7. The van der Waals surface area contributed by atoms with Crippen molar-refractivity contribution in [1.29, 1.82) is 0 Å². The molecule has 0 amide bonds. The second-order valence-electron chi connectivity index (χ2n) is 26.8. The molecule has 0 aliphatic rings. The van der Waals surface area contributed by atoms with E-state index in [2.05, 4.69) is 20.8 Å². The average Bonchev–Trinajstić information content (AvgIpc) is 3.44. The van der Waals surface area contributed by atoms with Crippen molar-refractivity contribution in [3.05, 3.63) is 0 Å². The zero-order valence-corrected chi connectivity index (χ0v) is 56.1. The molecule has 0 heterocycles. The van der Waals surface area contributed by atoms with Gasteiger partial charge in [0.15, 0.2) is 0 Å². The van der Waals surface area contributed by atoms with Crippen LogP contribution < -0.4 is 0 Å². The third kappa shape index (κ3) is 66.9. The summed E-state index contributed by atoms with van der Waals surface area (Å²) >= 11 is 0. The van der Waals surface area contributed by atoms with Crippen LogP contribution in [-0.4, -0.2) is 49.4 Å². The summed E-state index contributed by atoms with van der Waals surface area (Å²) < 4.78 is 37.3. The summed E-state index contributed by atoms with van der Waals surface area (Å²) in [4.78, 5) is 0. The van der Waals surface area contributed by atoms with E-state index in [1.54, 1.807) is 0 Å². The Hall–Kier alpha value is -0.130. The topological polar surface area (TPSA) is 57.2 Å². The van der Waals surface area contributed by atoms with Crippen molar-refractivity contribution in [3.63, 3.8) is 0 Å². The van der Waals surface area contributed by atoms with Gasteiger partial charge in [-0.05, 0) is 38.5 Å². The predicted octanol–water partition coefficient (Wildman–Crippen LogP) is 26.2. The van der Waals surface area contributed by atoms with E-state index >= 15 is 0 Å². The van der Waals surface area contributed by atoms with Crippen LogP contribution in [0.3, 0.4) is 0 Å². The van der Waals surface area contributed by atoms with Crippen LogP contribution >= 0.6 is 0 Å². The minimum Gasteiger partial charge on any atom is -0.748 e. The first-order valence-corrected chi connectivity index (χ1v) is 39.3. The van der Waals surface area contributed by atoms with Crippen molar-refractivity contribution in [2.75, 3.05) is 31.9 Å². The third-order valence-electron chi connectivity index (χ3n) is 18.8. The lowest BCUT2D eigenvalue weighted by atomic mass is 10.0. The van der Waals surface area contributed by atoms with Crippen LogP contribution in [0.15, 0.2) is 0 Å². The van der Waals surface area contributed by atoms with Crippen LogP contribution in [0, 0.1) is 0 Å². The lowest BCUT2D eigenvalue weighted by molar-refractivity contribution is -0.926. The van der Waals surface area contributed by atoms with Gasteiger partial charge in [-0.15, -0.1) is 0 Å². The van der Waals surface area contributed by atoms with E-state index in [-0.39, 0.29) is 5.75 Å². The maximum absolute atomic E-state index is 12.1. The van der Waals surface area contributed by atoms with Gasteiger partial charge in [0.2, 0.25) is 0 Å². The summed E-state index contributed by atoms with van der Waals surface area (Å²) in [5, 5.41) is 0. The fraction of sp³-hybridized carbons (Fsp3) is 1.00. The van der Waals surface area contributed by atoms with Gasteiger partial charge in [0.1, 0.15) is 10.1 Å². The molecule has 0 radical (unpaired) electrons. The zero-order chi connectivity index (χ0) is 57.2. The molecule has 476 valence electrons. The molecule has 0 N–H and O–H groups in total. The van der Waals surface area contributed by atoms with Gasteiger partial charge in [-0.2, -0.15) is 0 Å². The van der Waals surface area contributed by atoms with Crippen molar-refractivity contribution < 1.29 is 17.5 Å². The molecule has 0 saturated carbocycles. The van der Waals surface area contributed by atoms with E-state index in [0.29, 0.717) is 6.54 Å². The summed E-state index contributed by atoms with van der Waals surface area (Å²) in [5.74, 6) is -0.190. The largest absolute Gasteiger partial charge is 0.748 e. The SMILES string of the molecule is CCCCCCCCCCCCCCCCCCCCCCCC[N+](CCCCCCCCCCCCCCCCCCCCCCCC)(CCCCCCCCCCCCCCCCCCCCCCCC)CCS(=O)(=O)[O-]. The van der Waals surface area contributed by atoms with Crippen LogP contribution in [-0.2, 0) is 10.1 Å². The molecule has 0 fully saturated rings. The van der Waals surface area contributed by atoms with Gasteiger partial charge in [-0.3, -0.25) is 0 Å². The van der Waals surface area contributed by atoms with Gasteiger partial charge in [-0.1, -0.05) is 406 Å². The van der Waals surface area contributed by atoms with Crippen LogP contribution in [0.25, 0.3) is 0 Å². The molecular formula is C74H151NO3S. The highest BCUT2D eigenvalue weighted by molar-refractivity contribution is 7.85. The van der Waals surface area contributed by atoms with Crippen LogP contribution in [0.4, 0.5) is 0 Å². The molecule has 0 atom stereocenters. The molecule has 0 aliphatic carbocycles. The standard InChI is InChI=1S/C74H151NO3S/c1-4-7-10-13-16-19-22-25-28-31-34-37-40-43-46-49-52-55-58-61-64-67-70-75(73-74-79(76,77)78,71-68-65-62-59-56-53-50-47-44-41-38-35-32-29-26-23-20-17-14-11-8-5-2)72-69-66-63-60-57-54-51-48-45-42-39-36-33-30-27-24-21-18-15-12-9-6-3/h4-74H2,1-3H3. The fourth-order valence-electron chi connectivity index (χ4n) is 13.1. The maximum Gasteiger partial charge on any atom is 0.100 e. The quantitative estimate of drug-likeness (QED) is 0.0346. The van der Waals surface area contributed by atoms with Crippen LogP contribution in [0.5, 0.6) is 0 Å². The van der Waals surface area contributed by atoms with E-state index in [4.69, 9.17) is 0 Å². The number of hydrogen-bond donors (Lipinski definition) is 0. The molecule has 0 bridgehead atoms. The first kappa shape index (κ1) is 78.9. The summed E-state index contributed by atoms with van der Waals surface area (Å²) in [6, 6.07) is 0. The lowest BCUT2D eigenvalue weighted by Gasteiger charge is -2.40. The van der Waals surface area contributed by atoms with Gasteiger partial charge in [-0.25, -0.2) is 8.42 Å². The second-order valence-corrected chi connectivity index (χ2v) is 28.3. The smallest absolute Gasteiger partial charge is 0.100 e. The highest BCUT2D eigenvalue weighted by Crippen LogP contribution is 2.23. The molecule has 0 aromatic carbocycles. The molecule has 0 rings (SSSR count). The van der Waals surface area contributed by atoms with Gasteiger partial charge in [0.05, 0.1) is 31.9 Å². The lowest BCUT2D eigenvalue weighted by Crippen LogP contribution is -2.52. The monoisotopic (exact) mass is 1130 g/mol. The Morgan fingerprint density at radius 1 is 0.190 bits per heavy atom. The van der Waals surface area contributed by atoms with Gasteiger partial charge >= 0.3 is 0 Å². The Bertz CT molecular complexity index is 1090. The Morgan fingerprint density at radius 2 is 0.304 bits per heavy atom. The molecule has 5 heteroatoms. The summed E-state index contributed by atoms with van der Waals surface area (Å²) in [7, 11) is -4.22. The van der Waals surface area contributed by atoms with E-state index in [9.17, 15) is 13.0 Å². The van der Waals surface area contributed by atoms with Crippen molar-refractivity contribution in [1.82, 2.24) is 0 Å². The zero-order valence-electron chi connectivity index (χ0n) is 55.3. The highest BCUT2D eigenvalue weighted by Gasteiger charge is 2.27. The molecular weight excluding hydrogens is 983 g/mol. The van der Waals surface area contributed by atoms with Crippen molar-refractivity contribution in [2.24, 2.45) is 0 Å². The highest BCUT2D eigenvalue weighted by atomic mass is 32.2. The minimum absolute atomic E-state index is 0.190. The molecule has 0 unspecified atom stereocenters. The van der Waals surface area contributed by atoms with E-state index in [1.165, 1.54) is 424 Å². The summed E-state index contributed by atoms with van der Waals surface area (Å²) in [5.41, 5.74) is 0. The van der Waals surface area contributed by atoms with Crippen LogP contribution in [0.1, 0.15) is 445 Å². The molecule has 0 aromatic rings. The van der Waals surface area contributed by atoms with Gasteiger partial charge in [0.25, 0.3) is 0 Å². The average molecular weight is 1140 g/mol. The molecule has 4 nitrogen and oxygen atoms in total. The van der Waals surface area contributed by atoms with Crippen molar-refractivity contribution in [3.8, 4) is 0 Å². The second kappa shape index (κ2) is 67.0. The van der Waals surface area contributed by atoms with Crippen molar-refractivity contribution >= 4 is 10.1 Å². The number of nitrogens with zero attached hydrogens (tertiary/aromatic N) is 1. The molecule has 0 saturated heterocycles. The van der Waals surface area contributed by atoms with E-state index in [1.807, 2.05) is 0 Å². The maximum atomic E-state index is 12.1. The Labute approximate surface area is 501 Å². The summed E-state index contributed by atoms with van der Waals surface area (Å²) in [6.07, 6.45) is 92.4. The van der Waals surface area contributed by atoms with E-state index < -0.39 is 10.1 Å². The first-order chi connectivity index (χ1) is 38.9. The van der Waals surface area contributed by atoms with Crippen LogP contribution in [0.2, 0.25) is 0 Å². The Balaban J connectivity index is 4.52. The fourth-order valence-corrected chi connectivity index (χ4v) is 13.8. The normalized spacial score (nSPS) is 12.2. The molecule has 0 aromatic heterocycles. The Morgan fingerprint density at radius 3 is 0.418 bits per heavy atom. The van der Waals surface area contributed by atoms with Gasteiger partial charge < -0.3 is 9.04 Å². The molecule has 0 aliphatic heterocycles.